The maximum Gasteiger partial charge on any atom is 0.187 e. The molecule has 1 fully saturated rings. The minimum atomic E-state index is 0.186. The zero-order valence-electron chi connectivity index (χ0n) is 12.8. The monoisotopic (exact) mass is 342 g/mol. The summed E-state index contributed by atoms with van der Waals surface area (Å²) in [5.41, 5.74) is 1.07. The highest BCUT2D eigenvalue weighted by Crippen LogP contribution is 2.36. The fourth-order valence-electron chi connectivity index (χ4n) is 2.95. The summed E-state index contributed by atoms with van der Waals surface area (Å²) in [5.74, 6) is 0.186. The molecule has 5 heteroatoms. The number of hydrogen-bond donors (Lipinski definition) is 0. The zero-order chi connectivity index (χ0) is 15.6. The number of hydrogen-bond acceptors (Lipinski definition) is 5. The second-order valence-corrected chi connectivity index (χ2v) is 7.95. The lowest BCUT2D eigenvalue weighted by Gasteiger charge is -2.25. The summed E-state index contributed by atoms with van der Waals surface area (Å²) < 4.78 is 1.15. The van der Waals surface area contributed by atoms with Crippen molar-refractivity contribution in [1.82, 2.24) is 4.98 Å². The van der Waals surface area contributed by atoms with E-state index in [1.54, 1.807) is 11.3 Å². The van der Waals surface area contributed by atoms with Gasteiger partial charge in [0, 0.05) is 19.5 Å². The average molecular weight is 342 g/mol. The first-order valence-corrected chi connectivity index (χ1v) is 9.65. The summed E-state index contributed by atoms with van der Waals surface area (Å²) in [4.78, 5) is 21.4. The average Bonchev–Trinajstić information content (AvgIpc) is 3.15. The summed E-state index contributed by atoms with van der Waals surface area (Å²) in [6, 6.07) is 11.9. The fourth-order valence-corrected chi connectivity index (χ4v) is 5.15. The Bertz CT molecular complexity index is 785. The third-order valence-corrected chi connectivity index (χ3v) is 6.45. The maximum absolute atomic E-state index is 12.4. The van der Waals surface area contributed by atoms with Gasteiger partial charge in [-0.25, -0.2) is 4.98 Å². The second kappa shape index (κ2) is 6.42. The smallest absolute Gasteiger partial charge is 0.187 e. The number of carbonyl (C=O) groups is 1. The lowest BCUT2D eigenvalue weighted by molar-refractivity contribution is 0.0997. The van der Waals surface area contributed by atoms with Crippen LogP contribution in [-0.2, 0) is 6.42 Å². The van der Waals surface area contributed by atoms with E-state index in [0.717, 1.165) is 38.2 Å². The Balaban J connectivity index is 1.53. The number of ketones is 1. The van der Waals surface area contributed by atoms with Crippen LogP contribution in [0.25, 0.3) is 9.53 Å². The first-order chi connectivity index (χ1) is 11.3. The molecule has 1 saturated heterocycles. The summed E-state index contributed by atoms with van der Waals surface area (Å²) in [6.07, 6.45) is 4.31. The third-order valence-electron chi connectivity index (χ3n) is 4.19. The molecule has 0 bridgehead atoms. The molecule has 4 rings (SSSR count). The molecule has 118 valence electrons. The van der Waals surface area contributed by atoms with Gasteiger partial charge in [0.1, 0.15) is 4.83 Å². The fraction of sp³-hybridized carbons (Fsp3) is 0.333. The Hall–Kier alpha value is -1.72. The molecule has 3 heterocycles. The van der Waals surface area contributed by atoms with Gasteiger partial charge in [0.25, 0.3) is 0 Å². The Morgan fingerprint density at radius 1 is 1.09 bits per heavy atom. The van der Waals surface area contributed by atoms with Gasteiger partial charge in [-0.3, -0.25) is 4.79 Å². The Morgan fingerprint density at radius 2 is 1.87 bits per heavy atom. The molecule has 0 spiro atoms. The van der Waals surface area contributed by atoms with Crippen molar-refractivity contribution < 1.29 is 4.79 Å². The predicted molar refractivity (Wildman–Crippen MR) is 98.0 cm³/mol. The lowest BCUT2D eigenvalue weighted by Crippen LogP contribution is -2.29. The van der Waals surface area contributed by atoms with E-state index in [4.69, 9.17) is 4.98 Å². The number of nitrogens with zero attached hydrogens (tertiary/aromatic N) is 2. The van der Waals surface area contributed by atoms with Crippen LogP contribution < -0.4 is 4.90 Å². The van der Waals surface area contributed by atoms with Gasteiger partial charge < -0.3 is 4.90 Å². The van der Waals surface area contributed by atoms with E-state index < -0.39 is 0 Å². The topological polar surface area (TPSA) is 33.2 Å². The molecule has 3 nitrogen and oxygen atoms in total. The van der Waals surface area contributed by atoms with Gasteiger partial charge in [-0.1, -0.05) is 41.7 Å². The van der Waals surface area contributed by atoms with Crippen LogP contribution in [0.3, 0.4) is 0 Å². The molecule has 23 heavy (non-hydrogen) atoms. The van der Waals surface area contributed by atoms with Crippen molar-refractivity contribution in [3.8, 4) is 0 Å². The van der Waals surface area contributed by atoms with Crippen molar-refractivity contribution >= 4 is 43.1 Å². The molecule has 2 aromatic heterocycles. The molecule has 1 aliphatic rings. The highest BCUT2D eigenvalue weighted by molar-refractivity contribution is 7.29. The number of rotatable bonds is 4. The third kappa shape index (κ3) is 3.16. The van der Waals surface area contributed by atoms with E-state index in [0.29, 0.717) is 6.42 Å². The van der Waals surface area contributed by atoms with Gasteiger partial charge in [-0.05, 0) is 30.9 Å². The molecular weight excluding hydrogens is 324 g/mol. The lowest BCUT2D eigenvalue weighted by atomic mass is 10.1. The van der Waals surface area contributed by atoms with Crippen LogP contribution in [0.5, 0.6) is 0 Å². The minimum Gasteiger partial charge on any atom is -0.348 e. The Labute approximate surface area is 143 Å². The van der Waals surface area contributed by atoms with E-state index in [1.807, 2.05) is 36.4 Å². The van der Waals surface area contributed by atoms with Crippen molar-refractivity contribution in [3.05, 3.63) is 46.8 Å². The van der Waals surface area contributed by atoms with Gasteiger partial charge in [0.2, 0.25) is 0 Å². The molecule has 0 amide bonds. The van der Waals surface area contributed by atoms with Gasteiger partial charge in [0.15, 0.2) is 10.9 Å². The number of fused-ring (bicyclic) bond motifs is 1. The Kier molecular flexibility index (Phi) is 4.14. The number of thiazole rings is 1. The van der Waals surface area contributed by atoms with Crippen molar-refractivity contribution in [1.29, 1.82) is 0 Å². The molecule has 3 aromatic rings. The van der Waals surface area contributed by atoms with Crippen molar-refractivity contribution in [2.45, 2.75) is 25.7 Å². The first-order valence-electron chi connectivity index (χ1n) is 8.02. The van der Waals surface area contributed by atoms with Gasteiger partial charge >= 0.3 is 0 Å². The summed E-state index contributed by atoms with van der Waals surface area (Å²) in [6.45, 7) is 2.22. The number of aromatic nitrogens is 1. The molecule has 0 unspecified atom stereocenters. The van der Waals surface area contributed by atoms with E-state index in [2.05, 4.69) is 4.90 Å². The number of Topliss-reactive ketones (excluding diaryl/α,β-unsaturated/α-hetero) is 1. The van der Waals surface area contributed by atoms with Gasteiger partial charge in [0.05, 0.1) is 9.58 Å². The summed E-state index contributed by atoms with van der Waals surface area (Å²) in [7, 11) is 0. The quantitative estimate of drug-likeness (QED) is 0.640. The molecule has 1 aromatic carbocycles. The van der Waals surface area contributed by atoms with Crippen LogP contribution >= 0.6 is 22.7 Å². The highest BCUT2D eigenvalue weighted by atomic mass is 32.1. The molecular formula is C18H18N2OS2. The van der Waals surface area contributed by atoms with E-state index in [1.165, 1.54) is 30.6 Å². The van der Waals surface area contributed by atoms with Crippen LogP contribution in [0.4, 0.5) is 5.13 Å². The van der Waals surface area contributed by atoms with Crippen LogP contribution in [0, 0.1) is 0 Å². The number of carbonyl (C=O) groups excluding carboxylic acids is 1. The SMILES string of the molecule is O=C(Cc1ccccc1)c1cc2sc(N3CCCCC3)nc2s1. The number of thiophene rings is 1. The van der Waals surface area contributed by atoms with Gasteiger partial charge in [-0.15, -0.1) is 11.3 Å². The highest BCUT2D eigenvalue weighted by Gasteiger charge is 2.18. The van der Waals surface area contributed by atoms with E-state index >= 15 is 0 Å². The van der Waals surface area contributed by atoms with Crippen LogP contribution in [0.1, 0.15) is 34.5 Å². The van der Waals surface area contributed by atoms with E-state index in [-0.39, 0.29) is 5.78 Å². The molecule has 0 atom stereocenters. The summed E-state index contributed by atoms with van der Waals surface area (Å²) in [5, 5.41) is 1.12. The maximum atomic E-state index is 12.4. The van der Waals surface area contributed by atoms with Crippen molar-refractivity contribution in [2.24, 2.45) is 0 Å². The molecule has 0 radical (unpaired) electrons. The van der Waals surface area contributed by atoms with Crippen LogP contribution in [0.2, 0.25) is 0 Å². The standard InChI is InChI=1S/C18H18N2OS2/c21-14(11-13-7-3-1-4-8-13)15-12-16-17(22-15)19-18(23-16)20-9-5-2-6-10-20/h1,3-4,7-8,12H,2,5-6,9-11H2. The number of benzene rings is 1. The van der Waals surface area contributed by atoms with Crippen molar-refractivity contribution in [3.63, 3.8) is 0 Å². The van der Waals surface area contributed by atoms with Crippen LogP contribution in [-0.4, -0.2) is 23.9 Å². The zero-order valence-corrected chi connectivity index (χ0v) is 14.5. The van der Waals surface area contributed by atoms with Gasteiger partial charge in [-0.2, -0.15) is 0 Å². The number of anilines is 1. The first kappa shape index (κ1) is 14.8. The predicted octanol–water partition coefficient (Wildman–Crippen LogP) is 4.77. The van der Waals surface area contributed by atoms with Crippen molar-refractivity contribution in [2.75, 3.05) is 18.0 Å². The Morgan fingerprint density at radius 3 is 2.61 bits per heavy atom. The molecule has 0 aliphatic carbocycles. The largest absolute Gasteiger partial charge is 0.348 e. The molecule has 0 saturated carbocycles. The number of piperidine rings is 1. The second-order valence-electron chi connectivity index (χ2n) is 5.91. The summed E-state index contributed by atoms with van der Waals surface area (Å²) >= 11 is 3.25. The van der Waals surface area contributed by atoms with E-state index in [9.17, 15) is 4.79 Å². The minimum absolute atomic E-state index is 0.186. The normalized spacial score (nSPS) is 15.2. The van der Waals surface area contributed by atoms with Crippen LogP contribution in [0.15, 0.2) is 36.4 Å². The molecule has 0 N–H and O–H groups in total. The molecule has 1 aliphatic heterocycles.